The fourth-order valence-electron chi connectivity index (χ4n) is 1.79. The molecule has 0 radical (unpaired) electrons. The number of ether oxygens (including phenoxy) is 3. The second-order valence-corrected chi connectivity index (χ2v) is 4.22. The molecule has 0 spiro atoms. The van der Waals surface area contributed by atoms with Crippen LogP contribution in [-0.4, -0.2) is 20.4 Å². The minimum absolute atomic E-state index is 0.468. The normalized spacial score (nSPS) is 9.90. The van der Waals surface area contributed by atoms with E-state index in [-0.39, 0.29) is 0 Å². The predicted octanol–water partition coefficient (Wildman–Crippen LogP) is 3.43. The van der Waals surface area contributed by atoms with Gasteiger partial charge in [0, 0.05) is 0 Å². The first kappa shape index (κ1) is 13.9. The molecule has 104 valence electrons. The Morgan fingerprint density at radius 3 is 1.80 bits per heavy atom. The first-order chi connectivity index (χ1) is 9.71. The van der Waals surface area contributed by atoms with Crippen molar-refractivity contribution in [2.75, 3.05) is 14.2 Å². The summed E-state index contributed by atoms with van der Waals surface area (Å²) in [6.07, 6.45) is 0.0931. The van der Waals surface area contributed by atoms with E-state index in [4.69, 9.17) is 9.47 Å². The molecular weight excluding hydrogens is 256 g/mol. The van der Waals surface area contributed by atoms with E-state index in [1.165, 1.54) is 12.7 Å². The van der Waals surface area contributed by atoms with Crippen LogP contribution in [0.25, 0.3) is 0 Å². The Bertz CT molecular complexity index is 558. The Kier molecular flexibility index (Phi) is 4.60. The summed E-state index contributed by atoms with van der Waals surface area (Å²) in [5.41, 5.74) is 2.32. The molecule has 0 fully saturated rings. The molecule has 2 rings (SSSR count). The minimum Gasteiger partial charge on any atom is -0.497 e. The van der Waals surface area contributed by atoms with Gasteiger partial charge in [0.1, 0.15) is 11.5 Å². The van der Waals surface area contributed by atoms with E-state index < -0.39 is 6.16 Å². The van der Waals surface area contributed by atoms with E-state index in [0.29, 0.717) is 5.75 Å². The molecule has 0 amide bonds. The zero-order chi connectivity index (χ0) is 14.4. The van der Waals surface area contributed by atoms with Crippen LogP contribution in [0.15, 0.2) is 48.5 Å². The van der Waals surface area contributed by atoms with Crippen molar-refractivity contribution in [3.63, 3.8) is 0 Å². The van der Waals surface area contributed by atoms with Crippen LogP contribution in [0.5, 0.6) is 11.5 Å². The van der Waals surface area contributed by atoms with Gasteiger partial charge in [-0.15, -0.1) is 0 Å². The van der Waals surface area contributed by atoms with Crippen LogP contribution >= 0.6 is 0 Å². The average Bonchev–Trinajstić information content (AvgIpc) is 2.50. The van der Waals surface area contributed by atoms with Gasteiger partial charge < -0.3 is 14.2 Å². The molecule has 0 bridgehead atoms. The quantitative estimate of drug-likeness (QED) is 0.632. The number of hydrogen-bond donors (Lipinski definition) is 0. The van der Waals surface area contributed by atoms with Crippen molar-refractivity contribution in [3.05, 3.63) is 59.7 Å². The maximum Gasteiger partial charge on any atom is 0.513 e. The number of benzene rings is 2. The standard InChI is InChI=1S/C16H16O4/c1-18-14-7-3-12(4-8-14)11-13-5-9-15(10-6-13)20-16(17)19-2/h3-10H,11H2,1-2H3. The van der Waals surface area contributed by atoms with Gasteiger partial charge in [0.15, 0.2) is 0 Å². The lowest BCUT2D eigenvalue weighted by Gasteiger charge is -2.06. The van der Waals surface area contributed by atoms with Crippen molar-refractivity contribution in [2.24, 2.45) is 0 Å². The van der Waals surface area contributed by atoms with Crippen molar-refractivity contribution in [1.29, 1.82) is 0 Å². The Balaban J connectivity index is 2.00. The molecule has 2 aromatic carbocycles. The molecule has 2 aromatic rings. The molecule has 0 saturated heterocycles. The molecule has 0 atom stereocenters. The van der Waals surface area contributed by atoms with Gasteiger partial charge in [0.25, 0.3) is 0 Å². The third-order valence-electron chi connectivity index (χ3n) is 2.86. The Hall–Kier alpha value is -2.49. The van der Waals surface area contributed by atoms with Crippen LogP contribution in [-0.2, 0) is 11.2 Å². The first-order valence-electron chi connectivity index (χ1n) is 6.19. The van der Waals surface area contributed by atoms with Crippen LogP contribution in [0.1, 0.15) is 11.1 Å². The Morgan fingerprint density at radius 2 is 1.35 bits per heavy atom. The van der Waals surface area contributed by atoms with Gasteiger partial charge in [0.05, 0.1) is 14.2 Å². The van der Waals surface area contributed by atoms with Crippen LogP contribution in [0.3, 0.4) is 0 Å². The molecule has 0 unspecified atom stereocenters. The fraction of sp³-hybridized carbons (Fsp3) is 0.188. The van der Waals surface area contributed by atoms with Gasteiger partial charge in [-0.1, -0.05) is 24.3 Å². The molecule has 0 aliphatic carbocycles. The van der Waals surface area contributed by atoms with E-state index in [1.807, 2.05) is 36.4 Å². The lowest BCUT2D eigenvalue weighted by molar-refractivity contribution is 0.121. The highest BCUT2D eigenvalue weighted by atomic mass is 16.7. The van der Waals surface area contributed by atoms with Crippen LogP contribution < -0.4 is 9.47 Å². The zero-order valence-corrected chi connectivity index (χ0v) is 11.5. The second-order valence-electron chi connectivity index (χ2n) is 4.22. The molecule has 0 aliphatic rings. The average molecular weight is 272 g/mol. The molecule has 0 N–H and O–H groups in total. The van der Waals surface area contributed by atoms with E-state index in [1.54, 1.807) is 19.2 Å². The first-order valence-corrected chi connectivity index (χ1v) is 6.19. The van der Waals surface area contributed by atoms with Gasteiger partial charge in [-0.05, 0) is 41.8 Å². The van der Waals surface area contributed by atoms with Gasteiger partial charge in [-0.25, -0.2) is 4.79 Å². The number of methoxy groups -OCH3 is 2. The van der Waals surface area contributed by atoms with Crippen molar-refractivity contribution in [2.45, 2.75) is 6.42 Å². The predicted molar refractivity (Wildman–Crippen MR) is 75.3 cm³/mol. The summed E-state index contributed by atoms with van der Waals surface area (Å²) in [4.78, 5) is 11.0. The highest BCUT2D eigenvalue weighted by molar-refractivity contribution is 5.63. The Labute approximate surface area is 117 Å². The van der Waals surface area contributed by atoms with Crippen LogP contribution in [0.4, 0.5) is 4.79 Å². The highest BCUT2D eigenvalue weighted by Gasteiger charge is 2.03. The molecule has 4 nitrogen and oxygen atoms in total. The summed E-state index contributed by atoms with van der Waals surface area (Å²) in [6.45, 7) is 0. The van der Waals surface area contributed by atoms with E-state index >= 15 is 0 Å². The van der Waals surface area contributed by atoms with Crippen LogP contribution in [0.2, 0.25) is 0 Å². The van der Waals surface area contributed by atoms with Crippen molar-refractivity contribution in [3.8, 4) is 11.5 Å². The van der Waals surface area contributed by atoms with E-state index in [9.17, 15) is 4.79 Å². The smallest absolute Gasteiger partial charge is 0.497 e. The summed E-state index contributed by atoms with van der Waals surface area (Å²) in [5.74, 6) is 1.31. The monoisotopic (exact) mass is 272 g/mol. The lowest BCUT2D eigenvalue weighted by atomic mass is 10.0. The molecule has 0 aliphatic heterocycles. The van der Waals surface area contributed by atoms with E-state index in [0.717, 1.165) is 17.7 Å². The van der Waals surface area contributed by atoms with Crippen molar-refractivity contribution < 1.29 is 19.0 Å². The summed E-state index contributed by atoms with van der Waals surface area (Å²) in [7, 11) is 2.93. The van der Waals surface area contributed by atoms with Gasteiger partial charge in [0.2, 0.25) is 0 Å². The molecule has 0 aromatic heterocycles. The van der Waals surface area contributed by atoms with Crippen molar-refractivity contribution in [1.82, 2.24) is 0 Å². The van der Waals surface area contributed by atoms with Gasteiger partial charge in [-0.3, -0.25) is 0 Å². The van der Waals surface area contributed by atoms with E-state index in [2.05, 4.69) is 4.74 Å². The summed E-state index contributed by atoms with van der Waals surface area (Å²) < 4.78 is 14.5. The van der Waals surface area contributed by atoms with Gasteiger partial charge in [-0.2, -0.15) is 0 Å². The van der Waals surface area contributed by atoms with Gasteiger partial charge >= 0.3 is 6.16 Å². The Morgan fingerprint density at radius 1 is 0.850 bits per heavy atom. The number of carbonyl (C=O) groups is 1. The molecule has 4 heteroatoms. The topological polar surface area (TPSA) is 44.8 Å². The fourth-order valence-corrected chi connectivity index (χ4v) is 1.79. The number of hydrogen-bond acceptors (Lipinski definition) is 4. The van der Waals surface area contributed by atoms with Crippen molar-refractivity contribution >= 4 is 6.16 Å². The SMILES string of the molecule is COC(=O)Oc1ccc(Cc2ccc(OC)cc2)cc1. The minimum atomic E-state index is -0.715. The van der Waals surface area contributed by atoms with Crippen LogP contribution in [0, 0.1) is 0 Å². The molecule has 0 saturated carbocycles. The highest BCUT2D eigenvalue weighted by Crippen LogP contribution is 2.17. The molecule has 0 heterocycles. The summed E-state index contributed by atoms with van der Waals surface area (Å²) in [6, 6.07) is 15.3. The molecule has 20 heavy (non-hydrogen) atoms. The maximum atomic E-state index is 11.0. The zero-order valence-electron chi connectivity index (χ0n) is 11.5. The molecular formula is C16H16O4. The lowest BCUT2D eigenvalue weighted by Crippen LogP contribution is -2.07. The largest absolute Gasteiger partial charge is 0.513 e. The summed E-state index contributed by atoms with van der Waals surface area (Å²) in [5, 5.41) is 0. The summed E-state index contributed by atoms with van der Waals surface area (Å²) >= 11 is 0. The number of carbonyl (C=O) groups excluding carboxylic acids is 1. The number of rotatable bonds is 4. The maximum absolute atomic E-state index is 11.0. The third kappa shape index (κ3) is 3.75. The second kappa shape index (κ2) is 6.61. The third-order valence-corrected chi connectivity index (χ3v) is 2.86.